The minimum atomic E-state index is -0.589. The largest absolute Gasteiger partial charge is 0.385 e. The third-order valence-corrected chi connectivity index (χ3v) is 4.00. The lowest BCUT2D eigenvalue weighted by atomic mass is 10.2. The molecule has 1 unspecified atom stereocenters. The number of halogens is 2. The standard InChI is InChI=1S/C13H15BrClN3O/c1-18-12(5-6-17-18)13(19)8-16-7-9-10(14)3-2-4-11(9)15/h2-6,13,16,19H,7-8H2,1H3. The minimum absolute atomic E-state index is 0.442. The zero-order valence-corrected chi connectivity index (χ0v) is 12.8. The summed E-state index contributed by atoms with van der Waals surface area (Å²) in [6, 6.07) is 7.49. The topological polar surface area (TPSA) is 50.1 Å². The molecule has 1 heterocycles. The molecule has 0 aliphatic heterocycles. The molecule has 1 aromatic heterocycles. The van der Waals surface area contributed by atoms with Crippen molar-refractivity contribution in [2.45, 2.75) is 12.6 Å². The van der Waals surface area contributed by atoms with E-state index in [1.807, 2.05) is 25.2 Å². The van der Waals surface area contributed by atoms with E-state index >= 15 is 0 Å². The summed E-state index contributed by atoms with van der Waals surface area (Å²) in [5, 5.41) is 18.0. The van der Waals surface area contributed by atoms with Crippen LogP contribution in [0.1, 0.15) is 17.4 Å². The highest BCUT2D eigenvalue weighted by molar-refractivity contribution is 9.10. The smallest absolute Gasteiger partial charge is 0.108 e. The van der Waals surface area contributed by atoms with Crippen molar-refractivity contribution < 1.29 is 5.11 Å². The molecule has 0 fully saturated rings. The average Bonchev–Trinajstić information content (AvgIpc) is 2.79. The van der Waals surface area contributed by atoms with Crippen LogP contribution in [0.3, 0.4) is 0 Å². The first-order chi connectivity index (χ1) is 9.09. The van der Waals surface area contributed by atoms with Crippen LogP contribution in [0.2, 0.25) is 5.02 Å². The van der Waals surface area contributed by atoms with E-state index < -0.39 is 6.10 Å². The van der Waals surface area contributed by atoms with Gasteiger partial charge in [0, 0.05) is 35.8 Å². The summed E-state index contributed by atoms with van der Waals surface area (Å²) < 4.78 is 2.63. The van der Waals surface area contributed by atoms with E-state index in [-0.39, 0.29) is 0 Å². The Morgan fingerprint density at radius 2 is 2.26 bits per heavy atom. The molecule has 0 saturated carbocycles. The van der Waals surface area contributed by atoms with Gasteiger partial charge in [-0.15, -0.1) is 0 Å². The molecule has 2 aromatic rings. The van der Waals surface area contributed by atoms with Crippen LogP contribution in [0.4, 0.5) is 0 Å². The molecule has 0 spiro atoms. The molecule has 4 nitrogen and oxygen atoms in total. The van der Waals surface area contributed by atoms with Crippen LogP contribution in [0, 0.1) is 0 Å². The predicted molar refractivity (Wildman–Crippen MR) is 79.0 cm³/mol. The van der Waals surface area contributed by atoms with Crippen molar-refractivity contribution in [3.63, 3.8) is 0 Å². The van der Waals surface area contributed by atoms with Crippen molar-refractivity contribution in [1.82, 2.24) is 15.1 Å². The summed E-state index contributed by atoms with van der Waals surface area (Å²) in [4.78, 5) is 0. The molecule has 0 saturated heterocycles. The molecular formula is C13H15BrClN3O. The van der Waals surface area contributed by atoms with Gasteiger partial charge >= 0.3 is 0 Å². The second-order valence-corrected chi connectivity index (χ2v) is 5.49. The van der Waals surface area contributed by atoms with Gasteiger partial charge in [-0.25, -0.2) is 0 Å². The molecule has 0 aliphatic rings. The summed E-state index contributed by atoms with van der Waals surface area (Å²) in [6.45, 7) is 1.03. The lowest BCUT2D eigenvalue weighted by Crippen LogP contribution is -2.22. The van der Waals surface area contributed by atoms with Crippen molar-refractivity contribution >= 4 is 27.5 Å². The molecule has 6 heteroatoms. The maximum absolute atomic E-state index is 10.0. The van der Waals surface area contributed by atoms with E-state index in [4.69, 9.17) is 11.6 Å². The van der Waals surface area contributed by atoms with Gasteiger partial charge in [-0.3, -0.25) is 4.68 Å². The van der Waals surface area contributed by atoms with Gasteiger partial charge in [0.05, 0.1) is 5.69 Å². The predicted octanol–water partition coefficient (Wildman–Crippen LogP) is 2.66. The summed E-state index contributed by atoms with van der Waals surface area (Å²) >= 11 is 9.59. The van der Waals surface area contributed by atoms with Gasteiger partial charge in [-0.05, 0) is 23.8 Å². The second-order valence-electron chi connectivity index (χ2n) is 4.23. The van der Waals surface area contributed by atoms with E-state index in [1.54, 1.807) is 16.9 Å². The molecule has 0 bridgehead atoms. The maximum Gasteiger partial charge on any atom is 0.108 e. The highest BCUT2D eigenvalue weighted by Crippen LogP contribution is 2.24. The second kappa shape index (κ2) is 6.52. The van der Waals surface area contributed by atoms with Crippen molar-refractivity contribution in [3.8, 4) is 0 Å². The lowest BCUT2D eigenvalue weighted by molar-refractivity contribution is 0.165. The molecule has 1 atom stereocenters. The number of nitrogens with zero attached hydrogens (tertiary/aromatic N) is 2. The number of hydrogen-bond acceptors (Lipinski definition) is 3. The van der Waals surface area contributed by atoms with Gasteiger partial charge < -0.3 is 10.4 Å². The third kappa shape index (κ3) is 3.57. The van der Waals surface area contributed by atoms with Crippen LogP contribution in [0.15, 0.2) is 34.9 Å². The molecule has 19 heavy (non-hydrogen) atoms. The van der Waals surface area contributed by atoms with Crippen LogP contribution < -0.4 is 5.32 Å². The van der Waals surface area contributed by atoms with Gasteiger partial charge in [0.15, 0.2) is 0 Å². The number of aryl methyl sites for hydroxylation is 1. The summed E-state index contributed by atoms with van der Waals surface area (Å²) in [7, 11) is 1.81. The van der Waals surface area contributed by atoms with E-state index in [2.05, 4.69) is 26.3 Å². The Bertz CT molecular complexity index is 538. The van der Waals surface area contributed by atoms with Crippen LogP contribution in [0.25, 0.3) is 0 Å². The number of nitrogens with one attached hydrogen (secondary N) is 1. The zero-order chi connectivity index (χ0) is 13.8. The van der Waals surface area contributed by atoms with Gasteiger partial charge in [-0.2, -0.15) is 5.10 Å². The van der Waals surface area contributed by atoms with Crippen molar-refractivity contribution in [1.29, 1.82) is 0 Å². The Kier molecular flexibility index (Phi) is 4.99. The van der Waals surface area contributed by atoms with Gasteiger partial charge in [0.1, 0.15) is 6.10 Å². The van der Waals surface area contributed by atoms with E-state index in [0.29, 0.717) is 18.1 Å². The fraction of sp³-hybridized carbons (Fsp3) is 0.308. The lowest BCUT2D eigenvalue weighted by Gasteiger charge is -2.13. The Morgan fingerprint density at radius 1 is 1.47 bits per heavy atom. The number of aliphatic hydroxyl groups excluding tert-OH is 1. The fourth-order valence-corrected chi connectivity index (χ4v) is 2.71. The molecule has 2 rings (SSSR count). The Morgan fingerprint density at radius 3 is 2.89 bits per heavy atom. The fourth-order valence-electron chi connectivity index (χ4n) is 1.85. The van der Waals surface area contributed by atoms with Gasteiger partial charge in [-0.1, -0.05) is 33.6 Å². The summed E-state index contributed by atoms with van der Waals surface area (Å²) in [5.41, 5.74) is 1.77. The quantitative estimate of drug-likeness (QED) is 0.877. The number of hydrogen-bond donors (Lipinski definition) is 2. The highest BCUT2D eigenvalue weighted by Gasteiger charge is 2.11. The average molecular weight is 345 g/mol. The van der Waals surface area contributed by atoms with Crippen molar-refractivity contribution in [3.05, 3.63) is 51.2 Å². The summed E-state index contributed by atoms with van der Waals surface area (Å²) in [6.07, 6.45) is 1.08. The minimum Gasteiger partial charge on any atom is -0.385 e. The Hall–Kier alpha value is -0.880. The van der Waals surface area contributed by atoms with Gasteiger partial charge in [0.2, 0.25) is 0 Å². The maximum atomic E-state index is 10.0. The number of aromatic nitrogens is 2. The van der Waals surface area contributed by atoms with E-state index in [0.717, 1.165) is 15.7 Å². The number of aliphatic hydroxyl groups is 1. The first kappa shape index (κ1) is 14.5. The highest BCUT2D eigenvalue weighted by atomic mass is 79.9. The first-order valence-corrected chi connectivity index (χ1v) is 7.06. The molecule has 102 valence electrons. The molecular weight excluding hydrogens is 330 g/mol. The van der Waals surface area contributed by atoms with Gasteiger partial charge in [0.25, 0.3) is 0 Å². The monoisotopic (exact) mass is 343 g/mol. The van der Waals surface area contributed by atoms with Crippen molar-refractivity contribution in [2.24, 2.45) is 7.05 Å². The third-order valence-electron chi connectivity index (χ3n) is 2.90. The first-order valence-electron chi connectivity index (χ1n) is 5.89. The van der Waals surface area contributed by atoms with Crippen LogP contribution in [-0.2, 0) is 13.6 Å². The number of benzene rings is 1. The molecule has 0 aliphatic carbocycles. The molecule has 2 N–H and O–H groups in total. The molecule has 1 aromatic carbocycles. The SMILES string of the molecule is Cn1nccc1C(O)CNCc1c(Cl)cccc1Br. The van der Waals surface area contributed by atoms with E-state index in [1.165, 1.54) is 0 Å². The van der Waals surface area contributed by atoms with Crippen LogP contribution in [0.5, 0.6) is 0 Å². The van der Waals surface area contributed by atoms with Crippen LogP contribution in [-0.4, -0.2) is 21.4 Å². The Balaban J connectivity index is 1.92. The van der Waals surface area contributed by atoms with Crippen LogP contribution >= 0.6 is 27.5 Å². The molecule has 0 radical (unpaired) electrons. The Labute approximate surface area is 125 Å². The zero-order valence-electron chi connectivity index (χ0n) is 10.5. The normalized spacial score (nSPS) is 12.6. The van der Waals surface area contributed by atoms with E-state index in [9.17, 15) is 5.11 Å². The summed E-state index contributed by atoms with van der Waals surface area (Å²) in [5.74, 6) is 0. The molecule has 0 amide bonds. The van der Waals surface area contributed by atoms with Crippen molar-refractivity contribution in [2.75, 3.05) is 6.54 Å². The number of rotatable bonds is 5.